The van der Waals surface area contributed by atoms with Crippen molar-refractivity contribution < 1.29 is 14.1 Å². The summed E-state index contributed by atoms with van der Waals surface area (Å²) in [5.41, 5.74) is 5.67. The van der Waals surface area contributed by atoms with E-state index in [0.717, 1.165) is 16.6 Å². The second-order valence-electron chi connectivity index (χ2n) is 5.47. The van der Waals surface area contributed by atoms with Crippen LogP contribution in [0.4, 0.5) is 0 Å². The van der Waals surface area contributed by atoms with Crippen LogP contribution in [0, 0.1) is 0 Å². The zero-order chi connectivity index (χ0) is 15.5. The maximum absolute atomic E-state index is 5.33. The highest BCUT2D eigenvalue weighted by Crippen LogP contribution is 2.49. The number of ether oxygens (including phenoxy) is 1. The molecule has 0 aliphatic carbocycles. The second kappa shape index (κ2) is 4.84. The lowest BCUT2D eigenvalue weighted by Gasteiger charge is -2.06. The summed E-state index contributed by atoms with van der Waals surface area (Å²) in [4.78, 5) is 4.75. The number of nitrogens with zero attached hydrogens (tertiary/aromatic N) is 4. The Bertz CT molecular complexity index is 709. The molecule has 9 heteroatoms. The molecule has 0 saturated carbocycles. The summed E-state index contributed by atoms with van der Waals surface area (Å²) in [5.74, 6) is 0. The summed E-state index contributed by atoms with van der Waals surface area (Å²) >= 11 is 3.25. The first-order valence-corrected chi connectivity index (χ1v) is 8.74. The molecule has 4 aliphatic rings. The molecular formula is C13H18N6OS2+2. The Morgan fingerprint density at radius 1 is 1.32 bits per heavy atom. The standard InChI is InChI=1S/C13H17N6OS2/c1-7-5-6-10(14-7)15-11-16-18-8(2)9(3)19-13(18,21-11)22-12(17-19)20-4/h5-7,10,14H,1-4H3/q+1/p+1. The highest BCUT2D eigenvalue weighted by atomic mass is 32.2. The van der Waals surface area contributed by atoms with Crippen molar-refractivity contribution in [3.63, 3.8) is 0 Å². The summed E-state index contributed by atoms with van der Waals surface area (Å²) in [6, 6.07) is 0.364. The van der Waals surface area contributed by atoms with Crippen LogP contribution in [-0.2, 0) is 4.74 Å². The first-order valence-electron chi connectivity index (χ1n) is 7.11. The molecule has 0 aromatic rings. The minimum absolute atomic E-state index is 0.0227. The first-order chi connectivity index (χ1) is 10.5. The molecule has 2 N–H and O–H groups in total. The van der Waals surface area contributed by atoms with Gasteiger partial charge in [-0.15, -0.1) is 5.43 Å². The molecule has 116 valence electrons. The lowest BCUT2D eigenvalue weighted by Crippen LogP contribution is -2.40. The topological polar surface area (TPSA) is 64.0 Å². The quantitative estimate of drug-likeness (QED) is 0.544. The van der Waals surface area contributed by atoms with E-state index in [2.05, 4.69) is 53.5 Å². The Morgan fingerprint density at radius 2 is 2.14 bits per heavy atom. The molecule has 1 fully saturated rings. The third-order valence-corrected chi connectivity index (χ3v) is 6.57. The highest BCUT2D eigenvalue weighted by Gasteiger charge is 2.74. The number of thioether (sulfide) groups is 2. The van der Waals surface area contributed by atoms with Crippen LogP contribution in [-0.4, -0.2) is 54.8 Å². The Balaban J connectivity index is 1.67. The third kappa shape index (κ3) is 1.88. The molecule has 1 spiro atoms. The number of amidine groups is 1. The summed E-state index contributed by atoms with van der Waals surface area (Å²) in [6.45, 7) is 6.27. The fourth-order valence-electron chi connectivity index (χ4n) is 2.78. The van der Waals surface area contributed by atoms with Gasteiger partial charge in [0.25, 0.3) is 11.4 Å². The van der Waals surface area contributed by atoms with E-state index in [4.69, 9.17) is 9.73 Å². The highest BCUT2D eigenvalue weighted by molar-refractivity contribution is 8.30. The Morgan fingerprint density at radius 3 is 2.82 bits per heavy atom. The van der Waals surface area contributed by atoms with Crippen LogP contribution in [0.15, 0.2) is 22.2 Å². The fourth-order valence-corrected chi connectivity index (χ4v) is 5.46. The predicted octanol–water partition coefficient (Wildman–Crippen LogP) is 0.704. The number of nitrogens with one attached hydrogen (secondary N) is 2. The van der Waals surface area contributed by atoms with Gasteiger partial charge < -0.3 is 4.74 Å². The van der Waals surface area contributed by atoms with Crippen molar-refractivity contribution in [2.45, 2.75) is 37.3 Å². The van der Waals surface area contributed by atoms with Gasteiger partial charge in [0.2, 0.25) is 5.17 Å². The molecule has 4 aliphatic heterocycles. The van der Waals surface area contributed by atoms with Crippen LogP contribution >= 0.6 is 23.5 Å². The zero-order valence-electron chi connectivity index (χ0n) is 12.8. The molecule has 0 radical (unpaired) electrons. The number of methoxy groups -OCH3 is 1. The number of hydrazone groups is 2. The zero-order valence-corrected chi connectivity index (χ0v) is 14.5. The van der Waals surface area contributed by atoms with Crippen LogP contribution in [0.3, 0.4) is 0 Å². The van der Waals surface area contributed by atoms with E-state index in [-0.39, 0.29) is 6.17 Å². The molecule has 3 atom stereocenters. The Kier molecular flexibility index (Phi) is 3.14. The molecule has 4 heterocycles. The molecule has 3 unspecified atom stereocenters. The van der Waals surface area contributed by atoms with Gasteiger partial charge in [-0.2, -0.15) is 0 Å². The van der Waals surface area contributed by atoms with Crippen LogP contribution in [0.2, 0.25) is 0 Å². The van der Waals surface area contributed by atoms with Gasteiger partial charge in [0.1, 0.15) is 17.9 Å². The van der Waals surface area contributed by atoms with E-state index in [1.54, 1.807) is 30.6 Å². The molecule has 0 amide bonds. The first kappa shape index (κ1) is 14.3. The van der Waals surface area contributed by atoms with Gasteiger partial charge in [-0.25, -0.2) is 4.99 Å². The van der Waals surface area contributed by atoms with Crippen LogP contribution in [0.1, 0.15) is 20.8 Å². The minimum Gasteiger partial charge on any atom is -0.472 e. The summed E-state index contributed by atoms with van der Waals surface area (Å²) in [7, 11) is 1.65. The van der Waals surface area contributed by atoms with Gasteiger partial charge >= 0.3 is 9.56 Å². The normalized spacial score (nSPS) is 37.8. The monoisotopic (exact) mass is 338 g/mol. The third-order valence-electron chi connectivity index (χ3n) is 4.01. The molecule has 1 saturated heterocycles. The number of hydrazine groups is 1. The van der Waals surface area contributed by atoms with Gasteiger partial charge in [-0.05, 0) is 17.7 Å². The fraction of sp³-hybridized carbons (Fsp3) is 0.538. The van der Waals surface area contributed by atoms with Gasteiger partial charge in [0, 0.05) is 24.6 Å². The van der Waals surface area contributed by atoms with Crippen molar-refractivity contribution in [2.75, 3.05) is 7.11 Å². The summed E-state index contributed by atoms with van der Waals surface area (Å²) in [6.07, 6.45) is 4.24. The summed E-state index contributed by atoms with van der Waals surface area (Å²) < 4.78 is 9.06. The van der Waals surface area contributed by atoms with Crippen LogP contribution in [0.5, 0.6) is 0 Å². The largest absolute Gasteiger partial charge is 0.522 e. The van der Waals surface area contributed by atoms with E-state index >= 15 is 0 Å². The average molecular weight is 338 g/mol. The van der Waals surface area contributed by atoms with E-state index in [0.29, 0.717) is 11.3 Å². The Hall–Kier alpha value is -1.32. The molecule has 0 bridgehead atoms. The van der Waals surface area contributed by atoms with Gasteiger partial charge in [0.05, 0.1) is 24.0 Å². The van der Waals surface area contributed by atoms with Crippen molar-refractivity contribution in [2.24, 2.45) is 10.1 Å². The Labute approximate surface area is 137 Å². The van der Waals surface area contributed by atoms with E-state index in [1.165, 1.54) is 0 Å². The lowest BCUT2D eigenvalue weighted by atomic mass is 10.3. The van der Waals surface area contributed by atoms with E-state index < -0.39 is 4.33 Å². The minimum atomic E-state index is -0.397. The molecule has 0 aromatic heterocycles. The summed E-state index contributed by atoms with van der Waals surface area (Å²) in [5, 5.41) is 9.49. The van der Waals surface area contributed by atoms with Crippen molar-refractivity contribution in [3.8, 4) is 0 Å². The maximum Gasteiger partial charge on any atom is 0.522 e. The molecular weight excluding hydrogens is 320 g/mol. The van der Waals surface area contributed by atoms with Crippen LogP contribution in [0.25, 0.3) is 0 Å². The maximum atomic E-state index is 5.33. The number of hydrogen-bond donors (Lipinski definition) is 2. The van der Waals surface area contributed by atoms with Crippen molar-refractivity contribution >= 4 is 45.3 Å². The SMILES string of the molecule is COC1=N[N+]2=C(C)C(C)=[N+]3NC(=NC4C=CC(C)N4)SC23S1. The van der Waals surface area contributed by atoms with E-state index in [1.807, 2.05) is 4.68 Å². The number of hydrogen-bond acceptors (Lipinski definition) is 6. The van der Waals surface area contributed by atoms with Crippen LogP contribution < -0.4 is 10.7 Å². The predicted molar refractivity (Wildman–Crippen MR) is 90.3 cm³/mol. The number of aliphatic imine (C=N–C) groups is 1. The average Bonchev–Trinajstić information content (AvgIpc) is 3.19. The smallest absolute Gasteiger partial charge is 0.472 e. The van der Waals surface area contributed by atoms with Gasteiger partial charge in [0.15, 0.2) is 0 Å². The van der Waals surface area contributed by atoms with Crippen molar-refractivity contribution in [1.29, 1.82) is 0 Å². The molecule has 22 heavy (non-hydrogen) atoms. The number of rotatable bonds is 1. The van der Waals surface area contributed by atoms with Gasteiger partial charge in [-0.1, -0.05) is 6.08 Å². The molecule has 4 rings (SSSR count). The molecule has 0 aromatic carbocycles. The van der Waals surface area contributed by atoms with Crippen molar-refractivity contribution in [1.82, 2.24) is 10.7 Å². The second-order valence-corrected chi connectivity index (χ2v) is 8.01. The molecule has 7 nitrogen and oxygen atoms in total. The van der Waals surface area contributed by atoms with Crippen molar-refractivity contribution in [3.05, 3.63) is 12.2 Å². The van der Waals surface area contributed by atoms with E-state index in [9.17, 15) is 0 Å². The van der Waals surface area contributed by atoms with Gasteiger partial charge in [-0.3, -0.25) is 5.32 Å². The lowest BCUT2D eigenvalue weighted by molar-refractivity contribution is -0.766.